The van der Waals surface area contributed by atoms with E-state index in [4.69, 9.17) is 4.74 Å². The zero-order valence-electron chi connectivity index (χ0n) is 15.7. The van der Waals surface area contributed by atoms with Crippen LogP contribution in [0.15, 0.2) is 36.4 Å². The second-order valence-corrected chi connectivity index (χ2v) is 6.69. The highest BCUT2D eigenvalue weighted by molar-refractivity contribution is 5.98. The van der Waals surface area contributed by atoms with Crippen molar-refractivity contribution in [1.29, 1.82) is 0 Å². The molecule has 0 heterocycles. The number of aryl methyl sites for hydroxylation is 2. The van der Waals surface area contributed by atoms with Crippen LogP contribution in [0.2, 0.25) is 0 Å². The Bertz CT molecular complexity index is 830. The minimum atomic E-state index is -1.01. The normalized spacial score (nSPS) is 12.0. The number of rotatable bonds is 5. The molecule has 0 aliphatic heterocycles. The van der Waals surface area contributed by atoms with Crippen molar-refractivity contribution in [2.75, 3.05) is 5.32 Å². The van der Waals surface area contributed by atoms with Gasteiger partial charge in [-0.15, -0.1) is 0 Å². The molecular formula is C21H24FNO3. The first-order valence-electron chi connectivity index (χ1n) is 8.58. The highest BCUT2D eigenvalue weighted by Crippen LogP contribution is 2.27. The first kappa shape index (κ1) is 19.6. The molecule has 1 amide bonds. The van der Waals surface area contributed by atoms with Gasteiger partial charge < -0.3 is 10.1 Å². The Morgan fingerprint density at radius 1 is 1.04 bits per heavy atom. The number of para-hydroxylation sites is 1. The van der Waals surface area contributed by atoms with Crippen molar-refractivity contribution < 1.29 is 18.7 Å². The summed E-state index contributed by atoms with van der Waals surface area (Å²) < 4.78 is 18.8. The Labute approximate surface area is 153 Å². The van der Waals surface area contributed by atoms with Gasteiger partial charge in [-0.3, -0.25) is 4.79 Å². The van der Waals surface area contributed by atoms with E-state index >= 15 is 0 Å². The maximum atomic E-state index is 13.6. The summed E-state index contributed by atoms with van der Waals surface area (Å²) in [6.07, 6.45) is -1.01. The predicted octanol–water partition coefficient (Wildman–Crippen LogP) is 4.75. The fourth-order valence-corrected chi connectivity index (χ4v) is 2.57. The van der Waals surface area contributed by atoms with Crippen molar-refractivity contribution in [2.45, 2.75) is 46.6 Å². The Kier molecular flexibility index (Phi) is 6.14. The fourth-order valence-electron chi connectivity index (χ4n) is 2.57. The molecule has 1 atom stereocenters. The van der Waals surface area contributed by atoms with E-state index in [0.29, 0.717) is 5.56 Å². The third-order valence-electron chi connectivity index (χ3n) is 4.24. The summed E-state index contributed by atoms with van der Waals surface area (Å²) in [6.45, 7) is 9.09. The lowest BCUT2D eigenvalue weighted by molar-refractivity contribution is -0.123. The molecule has 0 bridgehead atoms. The van der Waals surface area contributed by atoms with Gasteiger partial charge in [0, 0.05) is 5.69 Å². The third kappa shape index (κ3) is 4.48. The molecule has 5 heteroatoms. The SMILES string of the molecule is Cc1ccc(C(=O)O[C@H](C)C(=O)Nc2c(C)cccc2C(C)C)cc1F. The monoisotopic (exact) mass is 357 g/mol. The van der Waals surface area contributed by atoms with E-state index in [1.54, 1.807) is 6.92 Å². The van der Waals surface area contributed by atoms with E-state index in [9.17, 15) is 14.0 Å². The van der Waals surface area contributed by atoms with Gasteiger partial charge >= 0.3 is 5.97 Å². The summed E-state index contributed by atoms with van der Waals surface area (Å²) >= 11 is 0. The van der Waals surface area contributed by atoms with Crippen molar-refractivity contribution in [3.8, 4) is 0 Å². The zero-order chi connectivity index (χ0) is 19.4. The smallest absolute Gasteiger partial charge is 0.339 e. The summed E-state index contributed by atoms with van der Waals surface area (Å²) in [5.74, 6) is -1.42. The molecular weight excluding hydrogens is 333 g/mol. The van der Waals surface area contributed by atoms with Gasteiger partial charge in [-0.2, -0.15) is 0 Å². The molecule has 0 unspecified atom stereocenters. The molecule has 0 saturated carbocycles. The average molecular weight is 357 g/mol. The van der Waals surface area contributed by atoms with Crippen LogP contribution in [-0.4, -0.2) is 18.0 Å². The highest BCUT2D eigenvalue weighted by atomic mass is 19.1. The maximum absolute atomic E-state index is 13.6. The standard InChI is InChI=1S/C21H24FNO3/c1-12(2)17-8-6-7-14(4)19(17)23-20(24)15(5)26-21(25)16-10-9-13(3)18(22)11-16/h6-12,15H,1-5H3,(H,23,24)/t15-/m1/s1. The Morgan fingerprint density at radius 3 is 2.35 bits per heavy atom. The zero-order valence-corrected chi connectivity index (χ0v) is 15.7. The van der Waals surface area contributed by atoms with Crippen LogP contribution in [-0.2, 0) is 9.53 Å². The summed E-state index contributed by atoms with van der Waals surface area (Å²) in [5, 5.41) is 2.85. The number of benzene rings is 2. The Hall–Kier alpha value is -2.69. The van der Waals surface area contributed by atoms with Crippen molar-refractivity contribution in [3.63, 3.8) is 0 Å². The minimum absolute atomic E-state index is 0.0755. The minimum Gasteiger partial charge on any atom is -0.449 e. The topological polar surface area (TPSA) is 55.4 Å². The molecule has 0 aliphatic rings. The number of amides is 1. The number of carbonyl (C=O) groups is 2. The van der Waals surface area contributed by atoms with E-state index in [1.807, 2.05) is 39.0 Å². The molecule has 0 aromatic heterocycles. The molecule has 0 radical (unpaired) electrons. The molecule has 4 nitrogen and oxygen atoms in total. The second-order valence-electron chi connectivity index (χ2n) is 6.69. The molecule has 0 spiro atoms. The van der Waals surface area contributed by atoms with Crippen LogP contribution in [0.1, 0.15) is 53.7 Å². The van der Waals surface area contributed by atoms with E-state index in [-0.39, 0.29) is 11.5 Å². The van der Waals surface area contributed by atoms with E-state index < -0.39 is 23.8 Å². The van der Waals surface area contributed by atoms with Gasteiger partial charge in [-0.25, -0.2) is 9.18 Å². The second kappa shape index (κ2) is 8.13. The number of hydrogen-bond acceptors (Lipinski definition) is 3. The molecule has 2 aromatic carbocycles. The van der Waals surface area contributed by atoms with Gasteiger partial charge in [0.05, 0.1) is 5.56 Å². The van der Waals surface area contributed by atoms with Crippen LogP contribution in [0.5, 0.6) is 0 Å². The molecule has 0 saturated heterocycles. The number of ether oxygens (including phenoxy) is 1. The molecule has 2 aromatic rings. The van der Waals surface area contributed by atoms with Gasteiger partial charge in [0.1, 0.15) is 5.82 Å². The molecule has 0 aliphatic carbocycles. The molecule has 26 heavy (non-hydrogen) atoms. The first-order chi connectivity index (χ1) is 12.2. The van der Waals surface area contributed by atoms with Gasteiger partial charge in [0.25, 0.3) is 5.91 Å². The lowest BCUT2D eigenvalue weighted by Crippen LogP contribution is -2.30. The van der Waals surface area contributed by atoms with Gasteiger partial charge in [0.15, 0.2) is 6.10 Å². The lowest BCUT2D eigenvalue weighted by Gasteiger charge is -2.19. The quantitative estimate of drug-likeness (QED) is 0.786. The Balaban J connectivity index is 2.11. The van der Waals surface area contributed by atoms with Crippen molar-refractivity contribution >= 4 is 17.6 Å². The van der Waals surface area contributed by atoms with Crippen molar-refractivity contribution in [2.24, 2.45) is 0 Å². The number of anilines is 1. The van der Waals surface area contributed by atoms with E-state index in [2.05, 4.69) is 5.32 Å². The number of nitrogens with one attached hydrogen (secondary N) is 1. The summed E-state index contributed by atoms with van der Waals surface area (Å²) in [5.41, 5.74) is 3.19. The number of esters is 1. The van der Waals surface area contributed by atoms with Crippen LogP contribution < -0.4 is 5.32 Å². The largest absolute Gasteiger partial charge is 0.449 e. The predicted molar refractivity (Wildman–Crippen MR) is 99.9 cm³/mol. The van der Waals surface area contributed by atoms with Crippen molar-refractivity contribution in [1.82, 2.24) is 0 Å². The summed E-state index contributed by atoms with van der Waals surface area (Å²) in [4.78, 5) is 24.6. The third-order valence-corrected chi connectivity index (χ3v) is 4.24. The van der Waals surface area contributed by atoms with E-state index in [0.717, 1.165) is 22.9 Å². The highest BCUT2D eigenvalue weighted by Gasteiger charge is 2.21. The fraction of sp³-hybridized carbons (Fsp3) is 0.333. The first-order valence-corrected chi connectivity index (χ1v) is 8.58. The van der Waals surface area contributed by atoms with E-state index in [1.165, 1.54) is 19.1 Å². The van der Waals surface area contributed by atoms with Crippen LogP contribution in [0.3, 0.4) is 0 Å². The van der Waals surface area contributed by atoms with Gasteiger partial charge in [0.2, 0.25) is 0 Å². The summed E-state index contributed by atoms with van der Waals surface area (Å²) in [7, 11) is 0. The van der Waals surface area contributed by atoms with Gasteiger partial charge in [-0.05, 0) is 55.5 Å². The van der Waals surface area contributed by atoms with Crippen molar-refractivity contribution in [3.05, 3.63) is 64.5 Å². The van der Waals surface area contributed by atoms with Crippen LogP contribution in [0, 0.1) is 19.7 Å². The van der Waals surface area contributed by atoms with Crippen LogP contribution >= 0.6 is 0 Å². The molecule has 0 fully saturated rings. The van der Waals surface area contributed by atoms with Gasteiger partial charge in [-0.1, -0.05) is 38.1 Å². The average Bonchev–Trinajstić information content (AvgIpc) is 2.58. The molecule has 2 rings (SSSR count). The Morgan fingerprint density at radius 2 is 1.73 bits per heavy atom. The molecule has 1 N–H and O–H groups in total. The lowest BCUT2D eigenvalue weighted by atomic mass is 9.98. The summed E-state index contributed by atoms with van der Waals surface area (Å²) in [6, 6.07) is 9.89. The number of hydrogen-bond donors (Lipinski definition) is 1. The number of carbonyl (C=O) groups excluding carboxylic acids is 2. The molecule has 138 valence electrons. The van der Waals surface area contributed by atoms with Crippen LogP contribution in [0.4, 0.5) is 10.1 Å². The maximum Gasteiger partial charge on any atom is 0.339 e. The number of halogens is 1. The van der Waals surface area contributed by atoms with Crippen LogP contribution in [0.25, 0.3) is 0 Å².